The van der Waals surface area contributed by atoms with E-state index in [2.05, 4.69) is 15.9 Å². The predicted octanol–water partition coefficient (Wildman–Crippen LogP) is 3.35. The van der Waals surface area contributed by atoms with E-state index in [0.717, 1.165) is 17.3 Å². The van der Waals surface area contributed by atoms with Gasteiger partial charge in [-0.2, -0.15) is 0 Å². The first-order valence-corrected chi connectivity index (χ1v) is 7.07. The van der Waals surface area contributed by atoms with Gasteiger partial charge in [0.05, 0.1) is 10.6 Å². The van der Waals surface area contributed by atoms with Crippen LogP contribution in [-0.2, 0) is 4.74 Å². The van der Waals surface area contributed by atoms with E-state index in [1.54, 1.807) is 11.0 Å². The van der Waals surface area contributed by atoms with E-state index in [4.69, 9.17) is 16.3 Å². The topological polar surface area (TPSA) is 29.5 Å². The molecule has 0 unspecified atom stereocenters. The highest BCUT2D eigenvalue weighted by Gasteiger charge is 2.24. The molecule has 0 spiro atoms. The molecule has 0 aromatic heterocycles. The van der Waals surface area contributed by atoms with Crippen molar-refractivity contribution in [3.8, 4) is 0 Å². The molecule has 1 amide bonds. The van der Waals surface area contributed by atoms with Gasteiger partial charge in [0, 0.05) is 30.8 Å². The highest BCUT2D eigenvalue weighted by atomic mass is 79.9. The Kier molecular flexibility index (Phi) is 4.65. The van der Waals surface area contributed by atoms with Crippen molar-refractivity contribution < 1.29 is 9.53 Å². The van der Waals surface area contributed by atoms with Gasteiger partial charge in [0.25, 0.3) is 5.91 Å². The predicted molar refractivity (Wildman–Crippen MR) is 75.1 cm³/mol. The Morgan fingerprint density at radius 3 is 2.78 bits per heavy atom. The SMILES string of the molecule is CN(C(=O)c1cccc(Br)c1Cl)C1CCOCC1. The monoisotopic (exact) mass is 331 g/mol. The van der Waals surface area contributed by atoms with Crippen LogP contribution in [0.3, 0.4) is 0 Å². The van der Waals surface area contributed by atoms with E-state index in [1.165, 1.54) is 0 Å². The molecule has 3 nitrogen and oxygen atoms in total. The molecule has 0 radical (unpaired) electrons. The molecule has 0 N–H and O–H groups in total. The fourth-order valence-corrected chi connectivity index (χ4v) is 2.67. The third-order valence-corrected chi connectivity index (χ3v) is 4.54. The Bertz CT molecular complexity index is 447. The normalized spacial score (nSPS) is 16.6. The molecule has 1 aliphatic heterocycles. The van der Waals surface area contributed by atoms with Crippen LogP contribution in [0.25, 0.3) is 0 Å². The molecule has 0 aliphatic carbocycles. The van der Waals surface area contributed by atoms with Crippen molar-refractivity contribution in [2.75, 3.05) is 20.3 Å². The Morgan fingerprint density at radius 1 is 1.44 bits per heavy atom. The molecule has 1 aromatic carbocycles. The minimum atomic E-state index is -0.0341. The molecule has 1 fully saturated rings. The summed E-state index contributed by atoms with van der Waals surface area (Å²) >= 11 is 9.49. The van der Waals surface area contributed by atoms with Gasteiger partial charge >= 0.3 is 0 Å². The van der Waals surface area contributed by atoms with Gasteiger partial charge in [0.15, 0.2) is 0 Å². The number of hydrogen-bond acceptors (Lipinski definition) is 2. The van der Waals surface area contributed by atoms with Crippen LogP contribution in [0.15, 0.2) is 22.7 Å². The third kappa shape index (κ3) is 2.87. The summed E-state index contributed by atoms with van der Waals surface area (Å²) < 4.78 is 6.05. The number of carbonyl (C=O) groups excluding carboxylic acids is 1. The smallest absolute Gasteiger partial charge is 0.255 e. The van der Waals surface area contributed by atoms with Gasteiger partial charge in [-0.1, -0.05) is 17.7 Å². The van der Waals surface area contributed by atoms with Crippen LogP contribution in [0.1, 0.15) is 23.2 Å². The van der Waals surface area contributed by atoms with Crippen molar-refractivity contribution >= 4 is 33.4 Å². The molecular formula is C13H15BrClNO2. The lowest BCUT2D eigenvalue weighted by molar-refractivity contribution is 0.0362. The maximum Gasteiger partial charge on any atom is 0.255 e. The number of carbonyl (C=O) groups is 1. The number of hydrogen-bond donors (Lipinski definition) is 0. The maximum atomic E-state index is 12.4. The van der Waals surface area contributed by atoms with Crippen LogP contribution in [0, 0.1) is 0 Å². The summed E-state index contributed by atoms with van der Waals surface area (Å²) in [7, 11) is 1.83. The highest BCUT2D eigenvalue weighted by Crippen LogP contribution is 2.27. The summed E-state index contributed by atoms with van der Waals surface area (Å²) in [6, 6.07) is 5.64. The minimum absolute atomic E-state index is 0.0341. The van der Waals surface area contributed by atoms with E-state index in [9.17, 15) is 4.79 Å². The summed E-state index contributed by atoms with van der Waals surface area (Å²) in [4.78, 5) is 14.2. The zero-order valence-electron chi connectivity index (χ0n) is 10.2. The fourth-order valence-electron chi connectivity index (χ4n) is 2.10. The zero-order valence-corrected chi connectivity index (χ0v) is 12.5. The van der Waals surface area contributed by atoms with Crippen LogP contribution < -0.4 is 0 Å². The molecular weight excluding hydrogens is 318 g/mol. The summed E-state index contributed by atoms with van der Waals surface area (Å²) in [6.45, 7) is 1.43. The van der Waals surface area contributed by atoms with Crippen molar-refractivity contribution in [3.05, 3.63) is 33.3 Å². The first-order valence-electron chi connectivity index (χ1n) is 5.90. The number of rotatable bonds is 2. The summed E-state index contributed by atoms with van der Waals surface area (Å²) in [5, 5.41) is 0.474. The van der Waals surface area contributed by atoms with E-state index in [-0.39, 0.29) is 11.9 Å². The van der Waals surface area contributed by atoms with E-state index in [0.29, 0.717) is 23.8 Å². The molecule has 5 heteroatoms. The first kappa shape index (κ1) is 13.8. The zero-order chi connectivity index (χ0) is 13.1. The summed E-state index contributed by atoms with van der Waals surface area (Å²) in [5.41, 5.74) is 0.542. The second-order valence-electron chi connectivity index (χ2n) is 4.36. The van der Waals surface area contributed by atoms with Gasteiger partial charge in [0.2, 0.25) is 0 Å². The average molecular weight is 333 g/mol. The molecule has 2 rings (SSSR count). The van der Waals surface area contributed by atoms with Crippen LogP contribution in [0.5, 0.6) is 0 Å². The molecule has 1 aliphatic rings. The van der Waals surface area contributed by atoms with Crippen molar-refractivity contribution in [3.63, 3.8) is 0 Å². The lowest BCUT2D eigenvalue weighted by Gasteiger charge is -2.31. The number of benzene rings is 1. The molecule has 0 atom stereocenters. The standard InChI is InChI=1S/C13H15BrClNO2/c1-16(9-5-7-18-8-6-9)13(17)10-3-2-4-11(14)12(10)15/h2-4,9H,5-8H2,1H3. The van der Waals surface area contributed by atoms with E-state index in [1.807, 2.05) is 19.2 Å². The molecule has 18 heavy (non-hydrogen) atoms. The van der Waals surface area contributed by atoms with Gasteiger partial charge in [-0.25, -0.2) is 0 Å². The summed E-state index contributed by atoms with van der Waals surface area (Å²) in [6.07, 6.45) is 1.77. The van der Waals surface area contributed by atoms with Crippen molar-refractivity contribution in [2.24, 2.45) is 0 Å². The molecule has 98 valence electrons. The maximum absolute atomic E-state index is 12.4. The largest absolute Gasteiger partial charge is 0.381 e. The lowest BCUT2D eigenvalue weighted by Crippen LogP contribution is -2.40. The van der Waals surface area contributed by atoms with Crippen molar-refractivity contribution in [1.82, 2.24) is 4.90 Å². The Hall–Kier alpha value is -0.580. The van der Waals surface area contributed by atoms with E-state index < -0.39 is 0 Å². The van der Waals surface area contributed by atoms with Crippen LogP contribution in [0.4, 0.5) is 0 Å². The molecule has 0 saturated carbocycles. The van der Waals surface area contributed by atoms with Gasteiger partial charge in [-0.15, -0.1) is 0 Å². The van der Waals surface area contributed by atoms with Crippen molar-refractivity contribution in [2.45, 2.75) is 18.9 Å². The van der Waals surface area contributed by atoms with Gasteiger partial charge in [-0.3, -0.25) is 4.79 Å². The second-order valence-corrected chi connectivity index (χ2v) is 5.59. The average Bonchev–Trinajstić information content (AvgIpc) is 2.41. The number of ether oxygens (including phenoxy) is 1. The first-order chi connectivity index (χ1) is 8.61. The van der Waals surface area contributed by atoms with E-state index >= 15 is 0 Å². The van der Waals surface area contributed by atoms with Crippen molar-refractivity contribution in [1.29, 1.82) is 0 Å². The van der Waals surface area contributed by atoms with Crippen LogP contribution in [-0.4, -0.2) is 37.1 Å². The highest BCUT2D eigenvalue weighted by molar-refractivity contribution is 9.10. The van der Waals surface area contributed by atoms with Gasteiger partial charge in [-0.05, 0) is 40.9 Å². The molecule has 1 heterocycles. The fraction of sp³-hybridized carbons (Fsp3) is 0.462. The lowest BCUT2D eigenvalue weighted by atomic mass is 10.1. The second kappa shape index (κ2) is 6.04. The Balaban J connectivity index is 2.17. The number of halogens is 2. The third-order valence-electron chi connectivity index (χ3n) is 3.24. The van der Waals surface area contributed by atoms with Crippen LogP contribution in [0.2, 0.25) is 5.02 Å². The number of nitrogens with zero attached hydrogens (tertiary/aromatic N) is 1. The summed E-state index contributed by atoms with van der Waals surface area (Å²) in [5.74, 6) is -0.0341. The minimum Gasteiger partial charge on any atom is -0.381 e. The molecule has 0 bridgehead atoms. The van der Waals surface area contributed by atoms with Gasteiger partial charge in [0.1, 0.15) is 0 Å². The van der Waals surface area contributed by atoms with Gasteiger partial charge < -0.3 is 9.64 Å². The quantitative estimate of drug-likeness (QED) is 0.831. The Morgan fingerprint density at radius 2 is 2.11 bits per heavy atom. The number of amides is 1. The molecule has 1 saturated heterocycles. The van der Waals surface area contributed by atoms with Crippen LogP contribution >= 0.6 is 27.5 Å². The molecule has 1 aromatic rings. The Labute approximate surface area is 120 Å².